The van der Waals surface area contributed by atoms with Crippen LogP contribution in [0.3, 0.4) is 0 Å². The number of benzene rings is 1. The Balaban J connectivity index is 1.59. The number of aliphatic hydroxyl groups is 1. The predicted octanol–water partition coefficient (Wildman–Crippen LogP) is 3.03. The van der Waals surface area contributed by atoms with Crippen molar-refractivity contribution in [3.63, 3.8) is 0 Å². The Morgan fingerprint density at radius 2 is 1.94 bits per heavy atom. The molecule has 1 aromatic carbocycles. The Morgan fingerprint density at radius 3 is 2.56 bits per heavy atom. The molecule has 1 saturated carbocycles. The third-order valence-corrected chi connectivity index (χ3v) is 7.52. The second-order valence-corrected chi connectivity index (χ2v) is 10.7. The molecule has 1 unspecified atom stereocenters. The van der Waals surface area contributed by atoms with E-state index in [2.05, 4.69) is 4.90 Å². The summed E-state index contributed by atoms with van der Waals surface area (Å²) in [5.74, 6) is 0.641. The van der Waals surface area contributed by atoms with E-state index in [9.17, 15) is 14.7 Å². The van der Waals surface area contributed by atoms with Crippen LogP contribution in [-0.2, 0) is 16.0 Å². The van der Waals surface area contributed by atoms with Crippen LogP contribution in [0, 0.1) is 5.92 Å². The predicted molar refractivity (Wildman–Crippen MR) is 121 cm³/mol. The molecule has 2 heterocycles. The molecule has 2 bridgehead atoms. The van der Waals surface area contributed by atoms with E-state index in [0.29, 0.717) is 25.8 Å². The van der Waals surface area contributed by atoms with Crippen molar-refractivity contribution < 1.29 is 24.2 Å². The summed E-state index contributed by atoms with van der Waals surface area (Å²) in [6.45, 7) is 6.28. The molecule has 1 aliphatic carbocycles. The molecule has 7 nitrogen and oxygen atoms in total. The number of carbonyl (C=O) groups excluding carboxylic acids is 2. The summed E-state index contributed by atoms with van der Waals surface area (Å²) in [6.07, 6.45) is 2.38. The van der Waals surface area contributed by atoms with E-state index in [1.165, 1.54) is 0 Å². The van der Waals surface area contributed by atoms with E-state index in [4.69, 9.17) is 9.47 Å². The molecule has 3 fully saturated rings. The number of likely N-dealkylation sites (N-methyl/N-ethyl adjacent to an activating group) is 1. The summed E-state index contributed by atoms with van der Waals surface area (Å²) in [6, 6.07) is 7.71. The molecule has 1 aromatic rings. The van der Waals surface area contributed by atoms with Gasteiger partial charge in [0.1, 0.15) is 17.1 Å². The molecular formula is C25H36N2O5. The summed E-state index contributed by atoms with van der Waals surface area (Å²) in [7, 11) is 3.44. The number of nitrogens with zero attached hydrogens (tertiary/aromatic N) is 2. The number of Topliss-reactive ketones (excluding diaryl/α,β-unsaturated/α-hetero) is 1. The van der Waals surface area contributed by atoms with Crippen molar-refractivity contribution in [2.75, 3.05) is 20.7 Å². The van der Waals surface area contributed by atoms with Gasteiger partial charge >= 0.3 is 6.09 Å². The van der Waals surface area contributed by atoms with Crippen molar-refractivity contribution in [3.05, 3.63) is 29.8 Å². The number of carbonyl (C=O) groups is 2. The van der Waals surface area contributed by atoms with Crippen molar-refractivity contribution in [2.45, 2.75) is 82.2 Å². The van der Waals surface area contributed by atoms with Crippen molar-refractivity contribution in [3.8, 4) is 5.75 Å². The van der Waals surface area contributed by atoms with Gasteiger partial charge in [-0.3, -0.25) is 9.69 Å². The van der Waals surface area contributed by atoms with Crippen LogP contribution in [0.5, 0.6) is 5.75 Å². The van der Waals surface area contributed by atoms with Crippen LogP contribution < -0.4 is 4.74 Å². The number of aliphatic hydroxyl groups excluding tert-OH is 1. The van der Waals surface area contributed by atoms with Gasteiger partial charge in [-0.15, -0.1) is 0 Å². The van der Waals surface area contributed by atoms with Gasteiger partial charge in [0.15, 0.2) is 0 Å². The van der Waals surface area contributed by atoms with Crippen molar-refractivity contribution in [1.29, 1.82) is 0 Å². The van der Waals surface area contributed by atoms with Crippen molar-refractivity contribution in [2.24, 2.45) is 5.92 Å². The molecule has 0 radical (unpaired) electrons. The molecule has 0 aromatic heterocycles. The molecule has 1 N–H and O–H groups in total. The minimum Gasteiger partial charge on any atom is -0.497 e. The lowest BCUT2D eigenvalue weighted by Crippen LogP contribution is -2.65. The number of rotatable bonds is 4. The monoisotopic (exact) mass is 444 g/mol. The third kappa shape index (κ3) is 4.25. The molecule has 7 heteroatoms. The number of ketones is 1. The highest BCUT2D eigenvalue weighted by Crippen LogP contribution is 2.50. The second-order valence-electron chi connectivity index (χ2n) is 10.7. The number of methoxy groups -OCH3 is 1. The highest BCUT2D eigenvalue weighted by atomic mass is 16.6. The Labute approximate surface area is 190 Å². The lowest BCUT2D eigenvalue weighted by molar-refractivity contribution is -0.149. The van der Waals surface area contributed by atoms with Crippen LogP contribution in [0.15, 0.2) is 24.3 Å². The first-order chi connectivity index (χ1) is 15.0. The fraction of sp³-hybridized carbons (Fsp3) is 0.680. The number of amides is 1. The molecular weight excluding hydrogens is 408 g/mol. The zero-order chi connectivity index (χ0) is 23.3. The normalized spacial score (nSPS) is 32.4. The fourth-order valence-electron chi connectivity index (χ4n) is 5.88. The van der Waals surface area contributed by atoms with Crippen LogP contribution in [0.2, 0.25) is 0 Å². The minimum atomic E-state index is -0.705. The molecule has 3 aliphatic rings. The quantitative estimate of drug-likeness (QED) is 0.769. The maximum atomic E-state index is 12.7. The Bertz CT molecular complexity index is 864. The van der Waals surface area contributed by atoms with Gasteiger partial charge < -0.3 is 19.5 Å². The van der Waals surface area contributed by atoms with Gasteiger partial charge in [0.25, 0.3) is 0 Å². The standard InChI is InChI=1S/C25H36N2O5/c1-24(2,3)32-23(30)26(4)17-13-25-11-10-21(28)19(14-25)22(29)20(27(25)15-17)12-16-6-8-18(31-5)9-7-16/h6-9,17,19-20,22,29H,10-15H2,1-5H3/t17-,19+,20-,22?,25-/m0/s1. The largest absolute Gasteiger partial charge is 0.497 e. The van der Waals surface area contributed by atoms with Crippen LogP contribution in [0.4, 0.5) is 4.79 Å². The highest BCUT2D eigenvalue weighted by molar-refractivity contribution is 5.83. The van der Waals surface area contributed by atoms with Crippen LogP contribution in [0.25, 0.3) is 0 Å². The summed E-state index contributed by atoms with van der Waals surface area (Å²) in [5.41, 5.74) is 0.391. The summed E-state index contributed by atoms with van der Waals surface area (Å²) in [5, 5.41) is 11.3. The molecule has 2 saturated heterocycles. The fourth-order valence-corrected chi connectivity index (χ4v) is 5.88. The zero-order valence-electron chi connectivity index (χ0n) is 19.8. The minimum absolute atomic E-state index is 0.0117. The molecule has 5 atom stereocenters. The third-order valence-electron chi connectivity index (χ3n) is 7.52. The number of piperidine rings is 1. The molecule has 4 rings (SSSR count). The summed E-state index contributed by atoms with van der Waals surface area (Å²) in [4.78, 5) is 29.5. The van der Waals surface area contributed by atoms with Crippen molar-refractivity contribution >= 4 is 11.9 Å². The van der Waals surface area contributed by atoms with Gasteiger partial charge in [0.2, 0.25) is 0 Å². The van der Waals surface area contributed by atoms with Gasteiger partial charge in [-0.1, -0.05) is 12.1 Å². The number of ether oxygens (including phenoxy) is 2. The molecule has 1 spiro atoms. The first-order valence-electron chi connectivity index (χ1n) is 11.6. The number of hydrogen-bond acceptors (Lipinski definition) is 6. The van der Waals surface area contributed by atoms with Crippen LogP contribution >= 0.6 is 0 Å². The summed E-state index contributed by atoms with van der Waals surface area (Å²) >= 11 is 0. The Morgan fingerprint density at radius 1 is 1.25 bits per heavy atom. The van der Waals surface area contributed by atoms with E-state index in [1.807, 2.05) is 45.0 Å². The van der Waals surface area contributed by atoms with Crippen LogP contribution in [-0.4, -0.2) is 76.8 Å². The van der Waals surface area contributed by atoms with Gasteiger partial charge in [-0.05, 0) is 64.2 Å². The summed E-state index contributed by atoms with van der Waals surface area (Å²) < 4.78 is 10.9. The SMILES string of the molecule is COc1ccc(C[C@H]2C(O)[C@@H]3C[C@]4(CCC3=O)C[C@H](N(C)C(=O)OC(C)(C)C)CN24)cc1. The molecule has 32 heavy (non-hydrogen) atoms. The van der Waals surface area contributed by atoms with Gasteiger partial charge in [0.05, 0.1) is 13.2 Å². The topological polar surface area (TPSA) is 79.3 Å². The average Bonchev–Trinajstić information content (AvgIpc) is 3.11. The van der Waals surface area contributed by atoms with E-state index in [1.54, 1.807) is 19.1 Å². The molecule has 2 aliphatic heterocycles. The van der Waals surface area contributed by atoms with E-state index in [0.717, 1.165) is 24.2 Å². The molecule has 1 amide bonds. The highest BCUT2D eigenvalue weighted by Gasteiger charge is 2.59. The second kappa shape index (κ2) is 8.34. The van der Waals surface area contributed by atoms with E-state index in [-0.39, 0.29) is 35.4 Å². The van der Waals surface area contributed by atoms with Gasteiger partial charge in [0, 0.05) is 43.6 Å². The molecule has 176 valence electrons. The Kier molecular flexibility index (Phi) is 6.01. The maximum Gasteiger partial charge on any atom is 0.410 e. The first-order valence-corrected chi connectivity index (χ1v) is 11.6. The number of fused-ring (bicyclic) bond motifs is 1. The number of hydrogen-bond donors (Lipinski definition) is 1. The smallest absolute Gasteiger partial charge is 0.410 e. The first kappa shape index (κ1) is 23.1. The van der Waals surface area contributed by atoms with Gasteiger partial charge in [-0.2, -0.15) is 0 Å². The van der Waals surface area contributed by atoms with Crippen LogP contribution in [0.1, 0.15) is 52.0 Å². The average molecular weight is 445 g/mol. The lowest BCUT2D eigenvalue weighted by atomic mass is 9.65. The van der Waals surface area contributed by atoms with Gasteiger partial charge in [-0.25, -0.2) is 4.79 Å². The van der Waals surface area contributed by atoms with E-state index < -0.39 is 11.7 Å². The lowest BCUT2D eigenvalue weighted by Gasteiger charge is -2.54. The van der Waals surface area contributed by atoms with Crippen molar-refractivity contribution in [1.82, 2.24) is 9.80 Å². The maximum absolute atomic E-state index is 12.7. The Hall–Kier alpha value is -2.12. The zero-order valence-corrected chi connectivity index (χ0v) is 19.8. The van der Waals surface area contributed by atoms with E-state index >= 15 is 0 Å².